The summed E-state index contributed by atoms with van der Waals surface area (Å²) in [5.41, 5.74) is -0.593. The van der Waals surface area contributed by atoms with Crippen molar-refractivity contribution < 1.29 is 27.5 Å². The molecule has 1 fully saturated rings. The van der Waals surface area contributed by atoms with E-state index in [1.165, 1.54) is 7.11 Å². The number of ether oxygens (including phenoxy) is 1. The Balaban J connectivity index is 1.81. The van der Waals surface area contributed by atoms with Crippen molar-refractivity contribution in [3.63, 3.8) is 0 Å². The van der Waals surface area contributed by atoms with Gasteiger partial charge in [0.05, 0.1) is 12.7 Å². The molecule has 0 bridgehead atoms. The van der Waals surface area contributed by atoms with E-state index in [1.807, 2.05) is 0 Å². The smallest absolute Gasteiger partial charge is 0.416 e. The van der Waals surface area contributed by atoms with Gasteiger partial charge in [0, 0.05) is 25.2 Å². The maximum atomic E-state index is 12.5. The molecule has 0 aromatic heterocycles. The van der Waals surface area contributed by atoms with Crippen LogP contribution < -0.4 is 5.32 Å². The van der Waals surface area contributed by atoms with Crippen LogP contribution in [0.5, 0.6) is 0 Å². The molecule has 24 heavy (non-hydrogen) atoms. The Morgan fingerprint density at radius 1 is 1.21 bits per heavy atom. The first-order chi connectivity index (χ1) is 11.3. The summed E-state index contributed by atoms with van der Waals surface area (Å²) < 4.78 is 42.1. The molecule has 1 aromatic rings. The Kier molecular flexibility index (Phi) is 5.69. The Bertz CT molecular complexity index is 579. The fourth-order valence-corrected chi connectivity index (χ4v) is 2.60. The number of piperidine rings is 1. The van der Waals surface area contributed by atoms with Crippen LogP contribution in [-0.2, 0) is 10.9 Å². The zero-order valence-electron chi connectivity index (χ0n) is 13.2. The largest absolute Gasteiger partial charge is 0.453 e. The summed E-state index contributed by atoms with van der Waals surface area (Å²) >= 11 is 0. The van der Waals surface area contributed by atoms with Crippen LogP contribution in [0, 0.1) is 5.92 Å². The molecular weight excluding hydrogens is 325 g/mol. The first-order valence-corrected chi connectivity index (χ1v) is 7.59. The average molecular weight is 344 g/mol. The second kappa shape index (κ2) is 7.55. The lowest BCUT2D eigenvalue weighted by molar-refractivity contribution is -0.137. The maximum absolute atomic E-state index is 12.5. The van der Waals surface area contributed by atoms with Gasteiger partial charge in [-0.1, -0.05) is 0 Å². The van der Waals surface area contributed by atoms with Crippen molar-refractivity contribution in [2.75, 3.05) is 26.7 Å². The second-order valence-corrected chi connectivity index (χ2v) is 5.69. The minimum Gasteiger partial charge on any atom is -0.453 e. The molecule has 5 nitrogen and oxygen atoms in total. The monoisotopic (exact) mass is 344 g/mol. The first kappa shape index (κ1) is 18.1. The van der Waals surface area contributed by atoms with Gasteiger partial charge >= 0.3 is 12.3 Å². The van der Waals surface area contributed by atoms with Crippen LogP contribution in [0.15, 0.2) is 24.3 Å². The maximum Gasteiger partial charge on any atom is 0.416 e. The number of carbonyl (C=O) groups is 2. The third kappa shape index (κ3) is 4.62. The Morgan fingerprint density at radius 3 is 2.29 bits per heavy atom. The number of likely N-dealkylation sites (tertiary alicyclic amines) is 1. The van der Waals surface area contributed by atoms with Crippen LogP contribution >= 0.6 is 0 Å². The third-order valence-corrected chi connectivity index (χ3v) is 4.07. The number of hydrogen-bond donors (Lipinski definition) is 1. The number of benzene rings is 1. The SMILES string of the molecule is COC(=O)N1CCC(CNC(=O)c2ccc(C(F)(F)F)cc2)CC1. The molecule has 8 heteroatoms. The molecule has 1 aromatic carbocycles. The number of alkyl halides is 3. The van der Waals surface area contributed by atoms with E-state index in [-0.39, 0.29) is 17.6 Å². The fourth-order valence-electron chi connectivity index (χ4n) is 2.60. The Morgan fingerprint density at radius 2 is 1.79 bits per heavy atom. The number of nitrogens with one attached hydrogen (secondary N) is 1. The predicted molar refractivity (Wildman–Crippen MR) is 80.5 cm³/mol. The summed E-state index contributed by atoms with van der Waals surface area (Å²) in [6.07, 6.45) is -3.30. The summed E-state index contributed by atoms with van der Waals surface area (Å²) in [6.45, 7) is 1.55. The van der Waals surface area contributed by atoms with Gasteiger partial charge in [-0.2, -0.15) is 13.2 Å². The molecule has 2 amide bonds. The van der Waals surface area contributed by atoms with Crippen molar-refractivity contribution >= 4 is 12.0 Å². The van der Waals surface area contributed by atoms with Crippen molar-refractivity contribution in [3.05, 3.63) is 35.4 Å². The molecule has 1 aliphatic heterocycles. The Hall–Kier alpha value is -2.25. The van der Waals surface area contributed by atoms with Crippen LogP contribution in [-0.4, -0.2) is 43.6 Å². The minimum absolute atomic E-state index is 0.190. The molecule has 2 rings (SSSR count). The topological polar surface area (TPSA) is 58.6 Å². The summed E-state index contributed by atoms with van der Waals surface area (Å²) in [4.78, 5) is 25.0. The quantitative estimate of drug-likeness (QED) is 0.917. The highest BCUT2D eigenvalue weighted by Crippen LogP contribution is 2.29. The predicted octanol–water partition coefficient (Wildman–Crippen LogP) is 2.91. The second-order valence-electron chi connectivity index (χ2n) is 5.69. The van der Waals surface area contributed by atoms with Crippen molar-refractivity contribution in [3.8, 4) is 0 Å². The molecule has 0 unspecified atom stereocenters. The lowest BCUT2D eigenvalue weighted by atomic mass is 9.97. The van der Waals surface area contributed by atoms with E-state index in [0.717, 1.165) is 37.1 Å². The molecule has 0 atom stereocenters. The Labute approximate surface area is 137 Å². The van der Waals surface area contributed by atoms with E-state index in [2.05, 4.69) is 10.1 Å². The van der Waals surface area contributed by atoms with Gasteiger partial charge in [-0.25, -0.2) is 4.79 Å². The third-order valence-electron chi connectivity index (χ3n) is 4.07. The van der Waals surface area contributed by atoms with Crippen LogP contribution in [0.4, 0.5) is 18.0 Å². The van der Waals surface area contributed by atoms with Crippen molar-refractivity contribution in [1.29, 1.82) is 0 Å². The van der Waals surface area contributed by atoms with Crippen LogP contribution in [0.3, 0.4) is 0 Å². The van der Waals surface area contributed by atoms with Gasteiger partial charge in [0.2, 0.25) is 0 Å². The summed E-state index contributed by atoms with van der Waals surface area (Å²) in [7, 11) is 1.33. The zero-order chi connectivity index (χ0) is 17.7. The van der Waals surface area contributed by atoms with Crippen LogP contribution in [0.2, 0.25) is 0 Å². The molecular formula is C16H19F3N2O3. The molecule has 0 radical (unpaired) electrons. The molecule has 0 saturated carbocycles. The normalized spacial score (nSPS) is 15.9. The van der Waals surface area contributed by atoms with E-state index >= 15 is 0 Å². The van der Waals surface area contributed by atoms with Crippen molar-refractivity contribution in [1.82, 2.24) is 10.2 Å². The van der Waals surface area contributed by atoms with Crippen LogP contribution in [0.25, 0.3) is 0 Å². The first-order valence-electron chi connectivity index (χ1n) is 7.59. The van der Waals surface area contributed by atoms with Gasteiger partial charge in [-0.3, -0.25) is 4.79 Å². The fraction of sp³-hybridized carbons (Fsp3) is 0.500. The highest BCUT2D eigenvalue weighted by Gasteiger charge is 2.30. The van der Waals surface area contributed by atoms with E-state index in [1.54, 1.807) is 4.90 Å². The average Bonchev–Trinajstić information content (AvgIpc) is 2.58. The number of amides is 2. The van der Waals surface area contributed by atoms with E-state index in [0.29, 0.717) is 19.6 Å². The molecule has 1 N–H and O–H groups in total. The molecule has 0 aliphatic carbocycles. The highest BCUT2D eigenvalue weighted by molar-refractivity contribution is 5.94. The standard InChI is InChI=1S/C16H19F3N2O3/c1-24-15(23)21-8-6-11(7-9-21)10-20-14(22)12-2-4-13(5-3-12)16(17,18)19/h2-5,11H,6-10H2,1H3,(H,20,22). The lowest BCUT2D eigenvalue weighted by Gasteiger charge is -2.30. The summed E-state index contributed by atoms with van der Waals surface area (Å²) in [5.74, 6) is -0.177. The number of carbonyl (C=O) groups excluding carboxylic acids is 2. The molecule has 1 saturated heterocycles. The lowest BCUT2D eigenvalue weighted by Crippen LogP contribution is -2.41. The molecule has 1 heterocycles. The summed E-state index contributed by atoms with van der Waals surface area (Å²) in [5, 5.41) is 2.73. The van der Waals surface area contributed by atoms with E-state index in [9.17, 15) is 22.8 Å². The van der Waals surface area contributed by atoms with Gasteiger partial charge in [-0.05, 0) is 43.0 Å². The molecule has 0 spiro atoms. The zero-order valence-corrected chi connectivity index (χ0v) is 13.2. The number of nitrogens with zero attached hydrogens (tertiary/aromatic N) is 1. The van der Waals surface area contributed by atoms with E-state index in [4.69, 9.17) is 0 Å². The van der Waals surface area contributed by atoms with Crippen molar-refractivity contribution in [2.45, 2.75) is 19.0 Å². The number of methoxy groups -OCH3 is 1. The van der Waals surface area contributed by atoms with E-state index < -0.39 is 17.6 Å². The van der Waals surface area contributed by atoms with Gasteiger partial charge < -0.3 is 15.0 Å². The van der Waals surface area contributed by atoms with Crippen LogP contribution in [0.1, 0.15) is 28.8 Å². The van der Waals surface area contributed by atoms with Gasteiger partial charge in [0.25, 0.3) is 5.91 Å². The van der Waals surface area contributed by atoms with Crippen molar-refractivity contribution in [2.24, 2.45) is 5.92 Å². The number of rotatable bonds is 3. The van der Waals surface area contributed by atoms with Gasteiger partial charge in [0.1, 0.15) is 0 Å². The summed E-state index contributed by atoms with van der Waals surface area (Å²) in [6, 6.07) is 4.11. The van der Waals surface area contributed by atoms with Gasteiger partial charge in [-0.15, -0.1) is 0 Å². The number of hydrogen-bond acceptors (Lipinski definition) is 3. The minimum atomic E-state index is -4.41. The number of halogens is 3. The molecule has 1 aliphatic rings. The molecule has 132 valence electrons. The van der Waals surface area contributed by atoms with Gasteiger partial charge in [0.15, 0.2) is 0 Å². The highest BCUT2D eigenvalue weighted by atomic mass is 19.4.